The van der Waals surface area contributed by atoms with E-state index in [0.29, 0.717) is 5.69 Å². The molecule has 3 N–H and O–H groups in total. The van der Waals surface area contributed by atoms with Crippen LogP contribution in [0.25, 0.3) is 0 Å². The van der Waals surface area contributed by atoms with Gasteiger partial charge in [-0.05, 0) is 13.8 Å². The Balaban J connectivity index is 2.96. The molecule has 66 valence electrons. The highest BCUT2D eigenvalue weighted by Gasteiger charge is 2.22. The fourth-order valence-corrected chi connectivity index (χ4v) is 0.775. The van der Waals surface area contributed by atoms with Crippen molar-refractivity contribution in [1.29, 1.82) is 0 Å². The Morgan fingerprint density at radius 2 is 2.17 bits per heavy atom. The lowest BCUT2D eigenvalue weighted by Gasteiger charge is -2.19. The molecule has 12 heavy (non-hydrogen) atoms. The molecule has 0 aliphatic heterocycles. The summed E-state index contributed by atoms with van der Waals surface area (Å²) in [4.78, 5) is 8.04. The van der Waals surface area contributed by atoms with Gasteiger partial charge in [-0.1, -0.05) is 0 Å². The summed E-state index contributed by atoms with van der Waals surface area (Å²) in [5, 5.41) is 9.66. The topological polar surface area (TPSA) is 72.0 Å². The zero-order valence-corrected chi connectivity index (χ0v) is 7.28. The zero-order valence-electron chi connectivity index (χ0n) is 7.28. The van der Waals surface area contributed by atoms with Crippen LogP contribution in [0.15, 0.2) is 12.4 Å². The van der Waals surface area contributed by atoms with Crippen LogP contribution in [0.5, 0.6) is 0 Å². The van der Waals surface area contributed by atoms with E-state index in [4.69, 9.17) is 5.73 Å². The lowest BCUT2D eigenvalue weighted by molar-refractivity contribution is 0.0617. The van der Waals surface area contributed by atoms with E-state index in [0.717, 1.165) is 5.69 Å². The number of nitrogens with zero attached hydrogens (tertiary/aromatic N) is 2. The van der Waals surface area contributed by atoms with E-state index in [-0.39, 0.29) is 6.54 Å². The Labute approximate surface area is 71.5 Å². The minimum absolute atomic E-state index is 0.144. The van der Waals surface area contributed by atoms with E-state index >= 15 is 0 Å². The van der Waals surface area contributed by atoms with Crippen LogP contribution in [0.2, 0.25) is 0 Å². The van der Waals surface area contributed by atoms with E-state index in [9.17, 15) is 5.11 Å². The maximum absolute atomic E-state index is 9.66. The third kappa shape index (κ3) is 1.78. The molecule has 0 aliphatic carbocycles. The minimum Gasteiger partial charge on any atom is -0.382 e. The summed E-state index contributed by atoms with van der Waals surface area (Å²) >= 11 is 0. The van der Waals surface area contributed by atoms with Crippen LogP contribution in [-0.4, -0.2) is 21.6 Å². The highest BCUT2D eigenvalue weighted by Crippen LogP contribution is 2.14. The summed E-state index contributed by atoms with van der Waals surface area (Å²) in [7, 11) is 0. The quantitative estimate of drug-likeness (QED) is 0.648. The SMILES string of the molecule is Cc1cnc(C(C)(O)CN)cn1. The highest BCUT2D eigenvalue weighted by atomic mass is 16.3. The van der Waals surface area contributed by atoms with Crippen LogP contribution >= 0.6 is 0 Å². The summed E-state index contributed by atoms with van der Waals surface area (Å²) in [6.07, 6.45) is 3.15. The fourth-order valence-electron chi connectivity index (χ4n) is 0.775. The van der Waals surface area contributed by atoms with Crippen molar-refractivity contribution >= 4 is 0 Å². The summed E-state index contributed by atoms with van der Waals surface area (Å²) in [6.45, 7) is 3.60. The molecule has 0 bridgehead atoms. The van der Waals surface area contributed by atoms with E-state index in [1.807, 2.05) is 6.92 Å². The summed E-state index contributed by atoms with van der Waals surface area (Å²) in [6, 6.07) is 0. The molecule has 1 aromatic heterocycles. The van der Waals surface area contributed by atoms with E-state index < -0.39 is 5.60 Å². The molecule has 0 amide bonds. The molecule has 0 fully saturated rings. The second-order valence-corrected chi connectivity index (χ2v) is 3.02. The molecular formula is C8H13N3O. The molecule has 0 saturated heterocycles. The lowest BCUT2D eigenvalue weighted by atomic mass is 10.0. The summed E-state index contributed by atoms with van der Waals surface area (Å²) in [5.41, 5.74) is 5.63. The first-order valence-corrected chi connectivity index (χ1v) is 3.78. The van der Waals surface area contributed by atoms with Crippen LogP contribution in [0.1, 0.15) is 18.3 Å². The van der Waals surface area contributed by atoms with Crippen LogP contribution in [0, 0.1) is 6.92 Å². The predicted molar refractivity (Wildman–Crippen MR) is 45.4 cm³/mol. The van der Waals surface area contributed by atoms with Crippen molar-refractivity contribution in [2.45, 2.75) is 19.4 Å². The van der Waals surface area contributed by atoms with Crippen molar-refractivity contribution in [3.8, 4) is 0 Å². The molecule has 0 aromatic carbocycles. The molecule has 0 radical (unpaired) electrons. The first kappa shape index (κ1) is 9.09. The van der Waals surface area contributed by atoms with Crippen LogP contribution in [0.3, 0.4) is 0 Å². The van der Waals surface area contributed by atoms with E-state index in [2.05, 4.69) is 9.97 Å². The standard InChI is InChI=1S/C8H13N3O/c1-6-3-11-7(4-10-6)8(2,12)5-9/h3-4,12H,5,9H2,1-2H3. The Kier molecular flexibility index (Phi) is 2.40. The van der Waals surface area contributed by atoms with Gasteiger partial charge in [0.15, 0.2) is 0 Å². The van der Waals surface area contributed by atoms with Crippen molar-refractivity contribution < 1.29 is 5.11 Å². The number of hydrogen-bond donors (Lipinski definition) is 2. The Hall–Kier alpha value is -1.00. The van der Waals surface area contributed by atoms with Gasteiger partial charge in [-0.2, -0.15) is 0 Å². The van der Waals surface area contributed by atoms with Crippen molar-refractivity contribution in [3.63, 3.8) is 0 Å². The van der Waals surface area contributed by atoms with Crippen LogP contribution in [0.4, 0.5) is 0 Å². The van der Waals surface area contributed by atoms with Gasteiger partial charge >= 0.3 is 0 Å². The van der Waals surface area contributed by atoms with Gasteiger partial charge in [0.25, 0.3) is 0 Å². The van der Waals surface area contributed by atoms with Gasteiger partial charge in [0.1, 0.15) is 5.60 Å². The molecular weight excluding hydrogens is 154 g/mol. The first-order chi connectivity index (χ1) is 5.56. The summed E-state index contributed by atoms with van der Waals surface area (Å²) < 4.78 is 0. The number of aromatic nitrogens is 2. The largest absolute Gasteiger partial charge is 0.382 e. The molecule has 1 rings (SSSR count). The Bertz CT molecular complexity index is 256. The monoisotopic (exact) mass is 167 g/mol. The molecule has 1 atom stereocenters. The first-order valence-electron chi connectivity index (χ1n) is 3.78. The zero-order chi connectivity index (χ0) is 9.19. The van der Waals surface area contributed by atoms with Gasteiger partial charge in [-0.25, -0.2) is 0 Å². The summed E-state index contributed by atoms with van der Waals surface area (Å²) in [5.74, 6) is 0. The molecule has 4 nitrogen and oxygen atoms in total. The number of nitrogens with two attached hydrogens (primary N) is 1. The maximum atomic E-state index is 9.66. The average Bonchev–Trinajstić information content (AvgIpc) is 2.05. The normalized spacial score (nSPS) is 15.7. The Morgan fingerprint density at radius 3 is 2.58 bits per heavy atom. The van der Waals surface area contributed by atoms with Crippen molar-refractivity contribution in [3.05, 3.63) is 23.8 Å². The minimum atomic E-state index is -1.07. The van der Waals surface area contributed by atoms with Gasteiger partial charge in [0, 0.05) is 12.7 Å². The molecule has 1 unspecified atom stereocenters. The van der Waals surface area contributed by atoms with Gasteiger partial charge in [0.2, 0.25) is 0 Å². The lowest BCUT2D eigenvalue weighted by Crippen LogP contribution is -2.32. The smallest absolute Gasteiger partial charge is 0.117 e. The number of hydrogen-bond acceptors (Lipinski definition) is 4. The van der Waals surface area contributed by atoms with Crippen molar-refractivity contribution in [1.82, 2.24) is 9.97 Å². The number of aryl methyl sites for hydroxylation is 1. The van der Waals surface area contributed by atoms with Gasteiger partial charge < -0.3 is 10.8 Å². The third-order valence-corrected chi connectivity index (χ3v) is 1.73. The molecule has 4 heteroatoms. The van der Waals surface area contributed by atoms with Gasteiger partial charge in [-0.3, -0.25) is 9.97 Å². The Morgan fingerprint density at radius 1 is 1.50 bits per heavy atom. The van der Waals surface area contributed by atoms with Crippen LogP contribution in [-0.2, 0) is 5.60 Å². The average molecular weight is 167 g/mol. The highest BCUT2D eigenvalue weighted by molar-refractivity contribution is 5.09. The van der Waals surface area contributed by atoms with Crippen molar-refractivity contribution in [2.75, 3.05) is 6.54 Å². The second kappa shape index (κ2) is 3.16. The predicted octanol–water partition coefficient (Wildman–Crippen LogP) is -0.0488. The van der Waals surface area contributed by atoms with E-state index in [1.54, 1.807) is 19.3 Å². The van der Waals surface area contributed by atoms with Gasteiger partial charge in [0.05, 0.1) is 17.6 Å². The van der Waals surface area contributed by atoms with Crippen LogP contribution < -0.4 is 5.73 Å². The molecule has 1 heterocycles. The molecule has 1 aromatic rings. The van der Waals surface area contributed by atoms with Gasteiger partial charge in [-0.15, -0.1) is 0 Å². The molecule has 0 aliphatic rings. The second-order valence-electron chi connectivity index (χ2n) is 3.02. The third-order valence-electron chi connectivity index (χ3n) is 1.73. The van der Waals surface area contributed by atoms with Crippen molar-refractivity contribution in [2.24, 2.45) is 5.73 Å². The molecule has 0 saturated carbocycles. The fraction of sp³-hybridized carbons (Fsp3) is 0.500. The maximum Gasteiger partial charge on any atom is 0.117 e. The molecule has 0 spiro atoms. The number of aliphatic hydroxyl groups is 1. The number of rotatable bonds is 2. The van der Waals surface area contributed by atoms with E-state index in [1.165, 1.54) is 0 Å².